The maximum atomic E-state index is 13.0. The number of carbonyl (C=O) groups is 2. The van der Waals surface area contributed by atoms with Crippen LogP contribution < -0.4 is 10.7 Å². The quantitative estimate of drug-likeness (QED) is 0.682. The summed E-state index contributed by atoms with van der Waals surface area (Å²) in [6.07, 6.45) is 2.37. The summed E-state index contributed by atoms with van der Waals surface area (Å²) >= 11 is 0. The summed E-state index contributed by atoms with van der Waals surface area (Å²) in [7, 11) is 0. The summed E-state index contributed by atoms with van der Waals surface area (Å²) < 4.78 is 5.36. The normalized spacial score (nSPS) is 24.0. The van der Waals surface area contributed by atoms with Crippen LogP contribution >= 0.6 is 0 Å². The van der Waals surface area contributed by atoms with Crippen LogP contribution in [0.2, 0.25) is 0 Å². The molecule has 2 fully saturated rings. The molecule has 1 aliphatic heterocycles. The first-order chi connectivity index (χ1) is 10.6. The van der Waals surface area contributed by atoms with Crippen molar-refractivity contribution in [2.24, 2.45) is 11.3 Å². The molecular weight excluding hydrogens is 282 g/mol. The minimum Gasteiger partial charge on any atom is -0.412 e. The van der Waals surface area contributed by atoms with Crippen LogP contribution in [0.15, 0.2) is 18.2 Å². The molecule has 22 heavy (non-hydrogen) atoms. The third-order valence-corrected chi connectivity index (χ3v) is 5.01. The van der Waals surface area contributed by atoms with E-state index in [1.165, 1.54) is 0 Å². The molecule has 2 aliphatic rings. The first kappa shape index (κ1) is 15.2. The molecule has 0 radical (unpaired) electrons. The molecular formula is C17H21NO4. The third-order valence-electron chi connectivity index (χ3n) is 5.01. The average Bonchev–Trinajstić information content (AvgIpc) is 2.78. The van der Waals surface area contributed by atoms with Crippen molar-refractivity contribution < 1.29 is 19.2 Å². The molecule has 5 nitrogen and oxygen atoms in total. The summed E-state index contributed by atoms with van der Waals surface area (Å²) in [4.78, 5) is 30.3. The highest BCUT2D eigenvalue weighted by molar-refractivity contribution is 6.16. The lowest BCUT2D eigenvalue weighted by molar-refractivity contribution is -0.131. The lowest BCUT2D eigenvalue weighted by Crippen LogP contribution is -2.34. The van der Waals surface area contributed by atoms with Gasteiger partial charge in [0.15, 0.2) is 5.78 Å². The standard InChI is InChI=1S/C17H21NO4/c1-2-11-9-12(22-18)3-4-13(11)15-14(19)10-17(16(15)20)5-7-21-8-6-17/h3-4,9,15H,2,5-8,10,18H2,1H3. The Morgan fingerprint density at radius 1 is 1.32 bits per heavy atom. The lowest BCUT2D eigenvalue weighted by atomic mass is 9.76. The average molecular weight is 303 g/mol. The number of ether oxygens (including phenoxy) is 1. The van der Waals surface area contributed by atoms with E-state index in [1.54, 1.807) is 12.1 Å². The molecule has 1 heterocycles. The Morgan fingerprint density at radius 2 is 2.05 bits per heavy atom. The van der Waals surface area contributed by atoms with Crippen molar-refractivity contribution in [1.82, 2.24) is 0 Å². The van der Waals surface area contributed by atoms with Crippen LogP contribution in [0.1, 0.15) is 43.2 Å². The van der Waals surface area contributed by atoms with Crippen LogP contribution in [0.5, 0.6) is 5.75 Å². The van der Waals surface area contributed by atoms with E-state index in [-0.39, 0.29) is 11.6 Å². The molecule has 118 valence electrons. The fourth-order valence-electron chi connectivity index (χ4n) is 3.72. The van der Waals surface area contributed by atoms with E-state index in [4.69, 9.17) is 15.5 Å². The van der Waals surface area contributed by atoms with Gasteiger partial charge in [0.25, 0.3) is 0 Å². The van der Waals surface area contributed by atoms with E-state index in [0.717, 1.165) is 17.5 Å². The van der Waals surface area contributed by atoms with Crippen molar-refractivity contribution in [2.75, 3.05) is 13.2 Å². The smallest absolute Gasteiger partial charge is 0.154 e. The van der Waals surface area contributed by atoms with Crippen LogP contribution in [0.25, 0.3) is 0 Å². The number of benzene rings is 1. The SMILES string of the molecule is CCc1cc(ON)ccc1C1C(=O)CC2(CCOCC2)C1=O. The summed E-state index contributed by atoms with van der Waals surface area (Å²) in [5.74, 6) is 5.19. The molecule has 1 saturated carbocycles. The van der Waals surface area contributed by atoms with E-state index in [2.05, 4.69) is 0 Å². The first-order valence-corrected chi connectivity index (χ1v) is 7.75. The van der Waals surface area contributed by atoms with Gasteiger partial charge in [-0.25, -0.2) is 0 Å². The Labute approximate surface area is 129 Å². The Bertz CT molecular complexity index is 605. The Hall–Kier alpha value is -1.72. The second-order valence-corrected chi connectivity index (χ2v) is 6.17. The molecule has 1 aromatic carbocycles. The Kier molecular flexibility index (Phi) is 4.02. The minimum atomic E-state index is -0.639. The second-order valence-electron chi connectivity index (χ2n) is 6.17. The molecule has 1 unspecified atom stereocenters. The molecule has 0 amide bonds. The number of aryl methyl sites for hydroxylation is 1. The third kappa shape index (κ3) is 2.34. The van der Waals surface area contributed by atoms with Crippen molar-refractivity contribution in [2.45, 2.75) is 38.5 Å². The molecule has 1 aromatic rings. The number of hydrogen-bond donors (Lipinski definition) is 1. The van der Waals surface area contributed by atoms with E-state index in [9.17, 15) is 9.59 Å². The maximum Gasteiger partial charge on any atom is 0.154 e. The Morgan fingerprint density at radius 3 is 2.68 bits per heavy atom. The topological polar surface area (TPSA) is 78.6 Å². The summed E-state index contributed by atoms with van der Waals surface area (Å²) in [6, 6.07) is 5.33. The Balaban J connectivity index is 1.98. The summed E-state index contributed by atoms with van der Waals surface area (Å²) in [6.45, 7) is 3.12. The van der Waals surface area contributed by atoms with E-state index >= 15 is 0 Å². The first-order valence-electron chi connectivity index (χ1n) is 7.75. The van der Waals surface area contributed by atoms with Gasteiger partial charge in [-0.15, -0.1) is 0 Å². The number of carbonyl (C=O) groups excluding carboxylic acids is 2. The fraction of sp³-hybridized carbons (Fsp3) is 0.529. The van der Waals surface area contributed by atoms with E-state index in [0.29, 0.717) is 38.2 Å². The highest BCUT2D eigenvalue weighted by Crippen LogP contribution is 2.48. The molecule has 1 aliphatic carbocycles. The number of Topliss-reactive ketones (excluding diaryl/α,β-unsaturated/α-hetero) is 2. The van der Waals surface area contributed by atoms with Crippen LogP contribution in [0, 0.1) is 5.41 Å². The zero-order chi connectivity index (χ0) is 15.7. The van der Waals surface area contributed by atoms with Gasteiger partial charge in [-0.05, 0) is 42.5 Å². The highest BCUT2D eigenvalue weighted by atomic mass is 16.6. The number of ketones is 2. The molecule has 3 rings (SSSR count). The van der Waals surface area contributed by atoms with Crippen molar-refractivity contribution in [3.8, 4) is 5.75 Å². The number of nitrogens with two attached hydrogens (primary N) is 1. The van der Waals surface area contributed by atoms with E-state index in [1.807, 2.05) is 13.0 Å². The molecule has 0 bridgehead atoms. The monoisotopic (exact) mass is 303 g/mol. The van der Waals surface area contributed by atoms with Crippen molar-refractivity contribution in [3.05, 3.63) is 29.3 Å². The second kappa shape index (κ2) is 5.82. The van der Waals surface area contributed by atoms with Crippen molar-refractivity contribution >= 4 is 11.6 Å². The van der Waals surface area contributed by atoms with Crippen molar-refractivity contribution in [1.29, 1.82) is 0 Å². The van der Waals surface area contributed by atoms with Gasteiger partial charge in [0.2, 0.25) is 0 Å². The van der Waals surface area contributed by atoms with E-state index < -0.39 is 11.3 Å². The van der Waals surface area contributed by atoms with Gasteiger partial charge in [0, 0.05) is 25.0 Å². The number of rotatable bonds is 3. The van der Waals surface area contributed by atoms with Crippen LogP contribution in [-0.2, 0) is 20.7 Å². The maximum absolute atomic E-state index is 13.0. The molecule has 0 aromatic heterocycles. The summed E-state index contributed by atoms with van der Waals surface area (Å²) in [5.41, 5.74) is 1.24. The van der Waals surface area contributed by atoms with Gasteiger partial charge in [-0.2, -0.15) is 5.90 Å². The van der Waals surface area contributed by atoms with Gasteiger partial charge in [0.05, 0.1) is 0 Å². The molecule has 1 spiro atoms. The molecule has 1 atom stereocenters. The largest absolute Gasteiger partial charge is 0.412 e. The van der Waals surface area contributed by atoms with Crippen LogP contribution in [-0.4, -0.2) is 24.8 Å². The van der Waals surface area contributed by atoms with Gasteiger partial charge in [0.1, 0.15) is 17.5 Å². The van der Waals surface area contributed by atoms with Gasteiger partial charge in [-0.1, -0.05) is 13.0 Å². The molecule has 5 heteroatoms. The predicted molar refractivity (Wildman–Crippen MR) is 80.5 cm³/mol. The van der Waals surface area contributed by atoms with Crippen LogP contribution in [0.4, 0.5) is 0 Å². The predicted octanol–water partition coefficient (Wildman–Crippen LogP) is 1.92. The van der Waals surface area contributed by atoms with Gasteiger partial charge >= 0.3 is 0 Å². The zero-order valence-corrected chi connectivity index (χ0v) is 12.8. The minimum absolute atomic E-state index is 0.0306. The lowest BCUT2D eigenvalue weighted by Gasteiger charge is -2.31. The number of hydrogen-bond acceptors (Lipinski definition) is 5. The highest BCUT2D eigenvalue weighted by Gasteiger charge is 2.53. The van der Waals surface area contributed by atoms with Crippen molar-refractivity contribution in [3.63, 3.8) is 0 Å². The molecule has 2 N–H and O–H groups in total. The summed E-state index contributed by atoms with van der Waals surface area (Å²) in [5, 5.41) is 0. The van der Waals surface area contributed by atoms with Gasteiger partial charge < -0.3 is 9.57 Å². The van der Waals surface area contributed by atoms with Crippen LogP contribution in [0.3, 0.4) is 0 Å². The zero-order valence-electron chi connectivity index (χ0n) is 12.8. The van der Waals surface area contributed by atoms with Gasteiger partial charge in [-0.3, -0.25) is 9.59 Å². The fourth-order valence-corrected chi connectivity index (χ4v) is 3.72. The molecule has 1 saturated heterocycles.